The van der Waals surface area contributed by atoms with Crippen LogP contribution in [0.25, 0.3) is 22.3 Å². The van der Waals surface area contributed by atoms with Gasteiger partial charge in [0.05, 0.1) is 23.4 Å². The first-order chi connectivity index (χ1) is 19.8. The van der Waals surface area contributed by atoms with Crippen LogP contribution in [0.3, 0.4) is 0 Å². The summed E-state index contributed by atoms with van der Waals surface area (Å²) in [4.78, 5) is 4.91. The van der Waals surface area contributed by atoms with Gasteiger partial charge in [0, 0.05) is 23.9 Å². The van der Waals surface area contributed by atoms with Gasteiger partial charge in [0.2, 0.25) is 0 Å². The number of rotatable bonds is 9. The average molecular weight is 600 g/mol. The number of hydrogen-bond donors (Lipinski definition) is 1. The van der Waals surface area contributed by atoms with Crippen LogP contribution in [0.4, 0.5) is 5.69 Å². The predicted octanol–water partition coefficient (Wildman–Crippen LogP) is 12.2. The van der Waals surface area contributed by atoms with Gasteiger partial charge in [-0.15, -0.1) is 0 Å². The van der Waals surface area contributed by atoms with Gasteiger partial charge in [0.1, 0.15) is 0 Å². The summed E-state index contributed by atoms with van der Waals surface area (Å²) >= 11 is 7.23. The summed E-state index contributed by atoms with van der Waals surface area (Å²) in [6, 6.07) is 4.46. The second-order valence-electron chi connectivity index (χ2n) is 10.4. The van der Waals surface area contributed by atoms with Gasteiger partial charge in [-0.3, -0.25) is 4.99 Å². The first kappa shape index (κ1) is 41.9. The molecule has 2 rings (SSSR count). The molecule has 0 heterocycles. The number of aryl methyl sites for hydroxylation is 1. The zero-order valence-electron chi connectivity index (χ0n) is 29.9. The minimum absolute atomic E-state index is 0.0417. The molecule has 0 aromatic heterocycles. The third-order valence-corrected chi connectivity index (χ3v) is 7.59. The van der Waals surface area contributed by atoms with Crippen LogP contribution in [0.5, 0.6) is 0 Å². The lowest BCUT2D eigenvalue weighted by Gasteiger charge is -2.25. The molecule has 1 atom stereocenters. The summed E-state index contributed by atoms with van der Waals surface area (Å²) < 4.78 is 4.80. The van der Waals surface area contributed by atoms with Crippen molar-refractivity contribution in [2.75, 3.05) is 13.7 Å². The Hall–Kier alpha value is -2.20. The highest BCUT2D eigenvalue weighted by Crippen LogP contribution is 2.48. The van der Waals surface area contributed by atoms with Crippen molar-refractivity contribution < 1.29 is 9.84 Å². The molecule has 0 radical (unpaired) electrons. The van der Waals surface area contributed by atoms with E-state index in [2.05, 4.69) is 74.1 Å². The number of ether oxygens (including phenoxy) is 1. The Kier molecular flexibility index (Phi) is 21.4. The number of aliphatic imine (C=N–C) groups is 1. The number of allylic oxidation sites excluding steroid dienone is 3. The predicted molar refractivity (Wildman–Crippen MR) is 193 cm³/mol. The summed E-state index contributed by atoms with van der Waals surface area (Å²) in [6.45, 7) is 35.9. The molecular weight excluding hydrogens is 538 g/mol. The van der Waals surface area contributed by atoms with E-state index in [1.165, 1.54) is 44.5 Å². The summed E-state index contributed by atoms with van der Waals surface area (Å²) in [5, 5.41) is 9.14. The molecule has 0 bridgehead atoms. The van der Waals surface area contributed by atoms with Crippen molar-refractivity contribution in [2.24, 2.45) is 4.99 Å². The van der Waals surface area contributed by atoms with E-state index in [9.17, 15) is 0 Å². The van der Waals surface area contributed by atoms with E-state index < -0.39 is 0 Å². The topological polar surface area (TPSA) is 41.8 Å². The molecule has 4 heteroatoms. The third-order valence-electron chi connectivity index (χ3n) is 7.22. The Morgan fingerprint density at radius 3 is 1.76 bits per heavy atom. The molecule has 42 heavy (non-hydrogen) atoms. The molecule has 238 valence electrons. The second kappa shape index (κ2) is 21.5. The smallest absolute Gasteiger partial charge is 0.0899 e. The molecule has 0 amide bonds. The lowest BCUT2D eigenvalue weighted by Crippen LogP contribution is -2.13. The Morgan fingerprint density at radius 2 is 1.43 bits per heavy atom. The van der Waals surface area contributed by atoms with Crippen LogP contribution in [0, 0.1) is 13.8 Å². The van der Waals surface area contributed by atoms with E-state index in [1.807, 2.05) is 48.5 Å². The quantitative estimate of drug-likeness (QED) is 0.291. The number of aliphatic hydroxyl groups excluding tert-OH is 1. The minimum atomic E-state index is 0.0417. The Labute approximate surface area is 265 Å². The van der Waals surface area contributed by atoms with Gasteiger partial charge in [-0.1, -0.05) is 84.4 Å². The van der Waals surface area contributed by atoms with Crippen LogP contribution >= 0.6 is 11.6 Å². The van der Waals surface area contributed by atoms with Gasteiger partial charge >= 0.3 is 0 Å². The molecule has 2 aromatic carbocycles. The summed E-state index contributed by atoms with van der Waals surface area (Å²) in [6.07, 6.45) is 2.75. The maximum atomic E-state index is 8.40. The number of hydrogen-bond acceptors (Lipinski definition) is 3. The molecule has 0 aliphatic rings. The monoisotopic (exact) mass is 599 g/mol. The van der Waals surface area contributed by atoms with E-state index in [0.717, 1.165) is 52.4 Å². The Balaban J connectivity index is 0. The van der Waals surface area contributed by atoms with Crippen molar-refractivity contribution in [1.82, 2.24) is 0 Å². The summed E-state index contributed by atoms with van der Waals surface area (Å²) in [5.74, 6) is 0. The first-order valence-electron chi connectivity index (χ1n) is 15.8. The largest absolute Gasteiger partial charge is 0.394 e. The number of methoxy groups -OCH3 is 1. The van der Waals surface area contributed by atoms with Gasteiger partial charge in [-0.2, -0.15) is 0 Å². The van der Waals surface area contributed by atoms with Crippen molar-refractivity contribution in [3.63, 3.8) is 0 Å². The van der Waals surface area contributed by atoms with E-state index >= 15 is 0 Å². The molecule has 2 aromatic rings. The van der Waals surface area contributed by atoms with E-state index in [-0.39, 0.29) is 12.7 Å². The van der Waals surface area contributed by atoms with Crippen LogP contribution in [0.15, 0.2) is 29.3 Å². The molecule has 0 saturated heterocycles. The second-order valence-corrected chi connectivity index (χ2v) is 10.8. The molecule has 0 aliphatic heterocycles. The van der Waals surface area contributed by atoms with Crippen molar-refractivity contribution in [1.29, 1.82) is 0 Å². The SMILES string of the molecule is C=C(C)c1c(CC)c(CC)c(-c2ccc(C)c(C)c2C(C)=C(C)C)c(Cl)c1N=C(C)C.CC.CC.CCC(CO)OC. The van der Waals surface area contributed by atoms with Crippen molar-refractivity contribution in [3.05, 3.63) is 62.7 Å². The Morgan fingerprint density at radius 1 is 0.905 bits per heavy atom. The lowest BCUT2D eigenvalue weighted by molar-refractivity contribution is 0.0467. The van der Waals surface area contributed by atoms with E-state index in [1.54, 1.807) is 7.11 Å². The van der Waals surface area contributed by atoms with Crippen LogP contribution in [-0.2, 0) is 17.6 Å². The highest BCUT2D eigenvalue weighted by Gasteiger charge is 2.25. The Bertz CT molecular complexity index is 1190. The minimum Gasteiger partial charge on any atom is -0.394 e. The molecule has 1 N–H and O–H groups in total. The van der Waals surface area contributed by atoms with Crippen LogP contribution in [-0.4, -0.2) is 30.6 Å². The average Bonchev–Trinajstić information content (AvgIpc) is 2.97. The highest BCUT2D eigenvalue weighted by atomic mass is 35.5. The fourth-order valence-corrected chi connectivity index (χ4v) is 5.14. The maximum Gasteiger partial charge on any atom is 0.0899 e. The van der Waals surface area contributed by atoms with Crippen molar-refractivity contribution in [2.45, 2.75) is 129 Å². The number of nitrogens with zero attached hydrogens (tertiary/aromatic N) is 1. The summed E-state index contributed by atoms with van der Waals surface area (Å²) in [5.41, 5.74) is 15.5. The molecule has 0 saturated carbocycles. The van der Waals surface area contributed by atoms with E-state index in [0.29, 0.717) is 0 Å². The fraction of sp³-hybridized carbons (Fsp3) is 0.553. The normalized spacial score (nSPS) is 10.6. The van der Waals surface area contributed by atoms with Gasteiger partial charge < -0.3 is 9.84 Å². The molecular formula is C38H62ClNO2. The van der Waals surface area contributed by atoms with Crippen molar-refractivity contribution in [3.8, 4) is 11.1 Å². The zero-order chi connectivity index (χ0) is 33.3. The molecule has 1 unspecified atom stereocenters. The third kappa shape index (κ3) is 10.8. The van der Waals surface area contributed by atoms with Gasteiger partial charge in [-0.05, 0) is 119 Å². The fourth-order valence-electron chi connectivity index (χ4n) is 4.78. The van der Waals surface area contributed by atoms with Gasteiger partial charge in [0.15, 0.2) is 0 Å². The maximum absolute atomic E-state index is 8.40. The standard InChI is InChI=1S/C29H38ClN.C5H12O2.2C2H6/c1-12-22-23(13-2)27(28(30)29(31-18(7)8)25(22)17(5)6)24-15-14-19(9)21(11)26(24)20(10)16(3)4;1-3-5(4-6)7-2;2*1-2/h14-15H,5,12-13H2,1-4,6-11H3;5-6H,3-4H2,1-2H3;2*1-2H3. The van der Waals surface area contributed by atoms with Crippen LogP contribution < -0.4 is 0 Å². The van der Waals surface area contributed by atoms with Gasteiger partial charge in [-0.25, -0.2) is 0 Å². The molecule has 0 fully saturated rings. The van der Waals surface area contributed by atoms with Crippen LogP contribution in [0.1, 0.15) is 130 Å². The number of aliphatic hydroxyl groups is 1. The highest BCUT2D eigenvalue weighted by molar-refractivity contribution is 6.37. The molecule has 0 spiro atoms. The van der Waals surface area contributed by atoms with Crippen molar-refractivity contribution >= 4 is 34.1 Å². The molecule has 3 nitrogen and oxygen atoms in total. The van der Waals surface area contributed by atoms with Gasteiger partial charge in [0.25, 0.3) is 0 Å². The van der Waals surface area contributed by atoms with E-state index in [4.69, 9.17) is 26.4 Å². The zero-order valence-corrected chi connectivity index (χ0v) is 30.7. The summed E-state index contributed by atoms with van der Waals surface area (Å²) in [7, 11) is 1.60. The first-order valence-corrected chi connectivity index (χ1v) is 16.1. The number of benzene rings is 2. The molecule has 0 aliphatic carbocycles. The van der Waals surface area contributed by atoms with Crippen LogP contribution in [0.2, 0.25) is 5.02 Å². The number of halogens is 1. The lowest BCUT2D eigenvalue weighted by atomic mass is 9.81.